The Balaban J connectivity index is 2.18. The molecule has 1 atom stereocenters. The summed E-state index contributed by atoms with van der Waals surface area (Å²) in [4.78, 5) is 1.31. The van der Waals surface area contributed by atoms with Crippen molar-refractivity contribution in [2.45, 2.75) is 44.6 Å². The molecule has 0 saturated carbocycles. The summed E-state index contributed by atoms with van der Waals surface area (Å²) < 4.78 is 0. The molecule has 0 aliphatic carbocycles. The number of rotatable bonds is 5. The summed E-state index contributed by atoms with van der Waals surface area (Å²) in [5, 5.41) is 9.87. The van der Waals surface area contributed by atoms with Gasteiger partial charge in [-0.2, -0.15) is 0 Å². The molecule has 1 unspecified atom stereocenters. The van der Waals surface area contributed by atoms with Crippen molar-refractivity contribution >= 4 is 11.8 Å². The molecule has 0 fully saturated rings. The van der Waals surface area contributed by atoms with E-state index in [9.17, 15) is 5.11 Å². The fourth-order valence-corrected chi connectivity index (χ4v) is 2.31. The van der Waals surface area contributed by atoms with Crippen LogP contribution in [0.1, 0.15) is 33.6 Å². The molecule has 1 N–H and O–H groups in total. The lowest BCUT2D eigenvalue weighted by molar-refractivity contribution is 0.0553. The molecule has 1 nitrogen and oxygen atoms in total. The molecule has 1 aromatic rings. The lowest BCUT2D eigenvalue weighted by Crippen LogP contribution is -2.25. The number of hydrogen-bond acceptors (Lipinski definition) is 2. The highest BCUT2D eigenvalue weighted by molar-refractivity contribution is 7.99. The van der Waals surface area contributed by atoms with Gasteiger partial charge < -0.3 is 5.11 Å². The summed E-state index contributed by atoms with van der Waals surface area (Å²) in [5.74, 6) is 1.08. The van der Waals surface area contributed by atoms with Crippen molar-refractivity contribution in [3.8, 4) is 0 Å². The van der Waals surface area contributed by atoms with Crippen molar-refractivity contribution in [1.29, 1.82) is 0 Å². The van der Waals surface area contributed by atoms with Crippen LogP contribution in [0.25, 0.3) is 0 Å². The lowest BCUT2D eigenvalue weighted by atomic mass is 9.87. The number of thioether (sulfide) groups is 1. The largest absolute Gasteiger partial charge is 0.393 e. The first-order valence-electron chi connectivity index (χ1n) is 5.86. The summed E-state index contributed by atoms with van der Waals surface area (Å²) in [6.07, 6.45) is 1.77. The summed E-state index contributed by atoms with van der Waals surface area (Å²) in [5.41, 5.74) is 0.0113. The molecule has 0 heterocycles. The fourth-order valence-electron chi connectivity index (χ4n) is 1.42. The molecule has 0 spiro atoms. The first-order chi connectivity index (χ1) is 7.50. The normalized spacial score (nSPS) is 13.8. The van der Waals surface area contributed by atoms with Gasteiger partial charge in [0.15, 0.2) is 0 Å². The van der Waals surface area contributed by atoms with Gasteiger partial charge in [0.25, 0.3) is 0 Å². The van der Waals surface area contributed by atoms with E-state index in [2.05, 4.69) is 45.0 Å². The Morgan fingerprint density at radius 3 is 2.38 bits per heavy atom. The van der Waals surface area contributed by atoms with Gasteiger partial charge in [-0.3, -0.25) is 0 Å². The number of aliphatic hydroxyl groups is 1. The van der Waals surface area contributed by atoms with E-state index in [0.717, 1.165) is 18.6 Å². The predicted octanol–water partition coefficient (Wildman–Crippen LogP) is 3.97. The van der Waals surface area contributed by atoms with Crippen LogP contribution in [0.3, 0.4) is 0 Å². The van der Waals surface area contributed by atoms with Crippen molar-refractivity contribution in [2.75, 3.05) is 5.75 Å². The van der Waals surface area contributed by atoms with E-state index in [1.807, 2.05) is 17.8 Å². The van der Waals surface area contributed by atoms with Gasteiger partial charge in [0.2, 0.25) is 0 Å². The van der Waals surface area contributed by atoms with Gasteiger partial charge >= 0.3 is 0 Å². The highest BCUT2D eigenvalue weighted by atomic mass is 32.2. The molecule has 1 rings (SSSR count). The van der Waals surface area contributed by atoms with Crippen molar-refractivity contribution in [1.82, 2.24) is 0 Å². The van der Waals surface area contributed by atoms with Crippen LogP contribution in [0.2, 0.25) is 0 Å². The van der Waals surface area contributed by atoms with Gasteiger partial charge in [-0.15, -0.1) is 11.8 Å². The van der Waals surface area contributed by atoms with Gasteiger partial charge in [0.1, 0.15) is 0 Å². The average Bonchev–Trinajstić information content (AvgIpc) is 2.24. The SMILES string of the molecule is CC(C)(C)C(O)CCCSc1ccccc1. The third kappa shape index (κ3) is 5.04. The molecule has 0 bridgehead atoms. The van der Waals surface area contributed by atoms with E-state index in [-0.39, 0.29) is 11.5 Å². The Morgan fingerprint density at radius 2 is 1.81 bits per heavy atom. The third-order valence-electron chi connectivity index (χ3n) is 2.63. The monoisotopic (exact) mass is 238 g/mol. The van der Waals surface area contributed by atoms with E-state index < -0.39 is 0 Å². The maximum atomic E-state index is 9.87. The molecular formula is C14H22OS. The number of aliphatic hydroxyl groups excluding tert-OH is 1. The second-order valence-electron chi connectivity index (χ2n) is 5.19. The molecule has 0 saturated heterocycles. The van der Waals surface area contributed by atoms with Gasteiger partial charge in [-0.05, 0) is 36.1 Å². The quantitative estimate of drug-likeness (QED) is 0.619. The zero-order valence-electron chi connectivity index (χ0n) is 10.4. The Labute approximate surface area is 103 Å². The van der Waals surface area contributed by atoms with Crippen LogP contribution in [0.4, 0.5) is 0 Å². The minimum atomic E-state index is -0.191. The summed E-state index contributed by atoms with van der Waals surface area (Å²) in [6.45, 7) is 6.26. The van der Waals surface area contributed by atoms with Crippen LogP contribution in [0, 0.1) is 5.41 Å². The highest BCUT2D eigenvalue weighted by Gasteiger charge is 2.21. The molecule has 16 heavy (non-hydrogen) atoms. The lowest BCUT2D eigenvalue weighted by Gasteiger charge is -2.25. The topological polar surface area (TPSA) is 20.2 Å². The average molecular weight is 238 g/mol. The van der Waals surface area contributed by atoms with Crippen molar-refractivity contribution < 1.29 is 5.11 Å². The Morgan fingerprint density at radius 1 is 1.19 bits per heavy atom. The van der Waals surface area contributed by atoms with E-state index in [1.165, 1.54) is 4.90 Å². The molecule has 0 aromatic heterocycles. The molecule has 0 aliphatic rings. The zero-order chi connectivity index (χ0) is 12.0. The second kappa shape index (κ2) is 6.31. The minimum absolute atomic E-state index is 0.0113. The molecule has 0 radical (unpaired) electrons. The Kier molecular flexibility index (Phi) is 5.36. The van der Waals surface area contributed by atoms with E-state index in [0.29, 0.717) is 0 Å². The number of hydrogen-bond donors (Lipinski definition) is 1. The van der Waals surface area contributed by atoms with Crippen LogP contribution < -0.4 is 0 Å². The van der Waals surface area contributed by atoms with Crippen molar-refractivity contribution in [3.05, 3.63) is 30.3 Å². The van der Waals surface area contributed by atoms with Crippen LogP contribution in [-0.4, -0.2) is 17.0 Å². The van der Waals surface area contributed by atoms with Gasteiger partial charge in [-0.25, -0.2) is 0 Å². The summed E-state index contributed by atoms with van der Waals surface area (Å²) >= 11 is 1.86. The molecule has 2 heteroatoms. The molecule has 1 aromatic carbocycles. The van der Waals surface area contributed by atoms with Crippen LogP contribution in [-0.2, 0) is 0 Å². The maximum absolute atomic E-state index is 9.87. The van der Waals surface area contributed by atoms with Crippen molar-refractivity contribution in [3.63, 3.8) is 0 Å². The van der Waals surface area contributed by atoms with Gasteiger partial charge in [0.05, 0.1) is 6.10 Å². The van der Waals surface area contributed by atoms with Crippen LogP contribution in [0.15, 0.2) is 35.2 Å². The first-order valence-corrected chi connectivity index (χ1v) is 6.84. The highest BCUT2D eigenvalue weighted by Crippen LogP contribution is 2.24. The molecule has 90 valence electrons. The molecular weight excluding hydrogens is 216 g/mol. The smallest absolute Gasteiger partial charge is 0.0588 e. The maximum Gasteiger partial charge on any atom is 0.0588 e. The van der Waals surface area contributed by atoms with Crippen LogP contribution >= 0.6 is 11.8 Å². The zero-order valence-corrected chi connectivity index (χ0v) is 11.3. The van der Waals surface area contributed by atoms with Gasteiger partial charge in [-0.1, -0.05) is 39.0 Å². The van der Waals surface area contributed by atoms with E-state index >= 15 is 0 Å². The van der Waals surface area contributed by atoms with Gasteiger partial charge in [0, 0.05) is 4.90 Å². The molecule has 0 aliphatic heterocycles. The summed E-state index contributed by atoms with van der Waals surface area (Å²) in [6, 6.07) is 10.4. The Bertz CT molecular complexity index is 289. The summed E-state index contributed by atoms with van der Waals surface area (Å²) in [7, 11) is 0. The van der Waals surface area contributed by atoms with Crippen molar-refractivity contribution in [2.24, 2.45) is 5.41 Å². The number of benzene rings is 1. The van der Waals surface area contributed by atoms with E-state index in [4.69, 9.17) is 0 Å². The third-order valence-corrected chi connectivity index (χ3v) is 3.73. The fraction of sp³-hybridized carbons (Fsp3) is 0.571. The van der Waals surface area contributed by atoms with Crippen LogP contribution in [0.5, 0.6) is 0 Å². The standard InChI is InChI=1S/C14H22OS/c1-14(2,3)13(15)10-7-11-16-12-8-5-4-6-9-12/h4-6,8-9,13,15H,7,10-11H2,1-3H3. The van der Waals surface area contributed by atoms with E-state index in [1.54, 1.807) is 0 Å². The minimum Gasteiger partial charge on any atom is -0.393 e. The molecule has 0 amide bonds. The second-order valence-corrected chi connectivity index (χ2v) is 6.35. The first kappa shape index (κ1) is 13.6. The Hall–Kier alpha value is -0.470. The predicted molar refractivity (Wildman–Crippen MR) is 71.9 cm³/mol.